The van der Waals surface area contributed by atoms with Gasteiger partial charge in [0, 0.05) is 12.1 Å². The largest absolute Gasteiger partial charge is 0.508 e. The molecule has 0 aliphatic heterocycles. The second kappa shape index (κ2) is 10.2. The summed E-state index contributed by atoms with van der Waals surface area (Å²) in [7, 11) is 0. The molecule has 0 heterocycles. The van der Waals surface area contributed by atoms with E-state index in [4.69, 9.17) is 4.74 Å². The normalized spacial score (nSPS) is 11.6. The maximum atomic E-state index is 9.97. The molecule has 4 aromatic rings. The van der Waals surface area contributed by atoms with Gasteiger partial charge in [0.15, 0.2) is 0 Å². The van der Waals surface area contributed by atoms with Gasteiger partial charge in [-0.2, -0.15) is 0 Å². The summed E-state index contributed by atoms with van der Waals surface area (Å²) in [6.45, 7) is 9.29. The van der Waals surface area contributed by atoms with Crippen LogP contribution in [-0.2, 0) is 6.42 Å². The molecule has 2 N–H and O–H groups in total. The van der Waals surface area contributed by atoms with E-state index >= 15 is 0 Å². The summed E-state index contributed by atoms with van der Waals surface area (Å²) in [6.07, 6.45) is 0.739. The molecule has 0 amide bonds. The summed E-state index contributed by atoms with van der Waals surface area (Å²) in [5, 5.41) is 21.8. The van der Waals surface area contributed by atoms with Gasteiger partial charge >= 0.3 is 0 Å². The van der Waals surface area contributed by atoms with Gasteiger partial charge in [0.05, 0.1) is 0 Å². The van der Waals surface area contributed by atoms with E-state index in [0.717, 1.165) is 34.1 Å². The second-order valence-electron chi connectivity index (χ2n) is 9.34. The zero-order valence-electron chi connectivity index (χ0n) is 20.3. The van der Waals surface area contributed by atoms with Crippen molar-refractivity contribution in [1.82, 2.24) is 4.90 Å². The first-order valence-corrected chi connectivity index (χ1v) is 11.8. The average Bonchev–Trinajstić information content (AvgIpc) is 2.80. The van der Waals surface area contributed by atoms with Crippen molar-refractivity contribution >= 4 is 10.8 Å². The topological polar surface area (TPSA) is 52.9 Å². The van der Waals surface area contributed by atoms with Crippen LogP contribution in [0.3, 0.4) is 0 Å². The van der Waals surface area contributed by atoms with Gasteiger partial charge in [-0.25, -0.2) is 0 Å². The van der Waals surface area contributed by atoms with Crippen molar-refractivity contribution in [3.8, 4) is 28.4 Å². The van der Waals surface area contributed by atoms with E-state index in [1.807, 2.05) is 36.4 Å². The Morgan fingerprint density at radius 2 is 1.38 bits per heavy atom. The number of phenolic OH excluding ortho intramolecular Hbond substituents is 2. The molecule has 0 saturated carbocycles. The van der Waals surface area contributed by atoms with E-state index in [0.29, 0.717) is 18.8 Å². The summed E-state index contributed by atoms with van der Waals surface area (Å²) in [5.74, 6) is 1.37. The van der Waals surface area contributed by atoms with Gasteiger partial charge in [0.25, 0.3) is 0 Å². The fourth-order valence-corrected chi connectivity index (χ4v) is 4.43. The van der Waals surface area contributed by atoms with E-state index in [2.05, 4.69) is 50.8 Å². The van der Waals surface area contributed by atoms with E-state index in [1.54, 1.807) is 24.3 Å². The predicted molar refractivity (Wildman–Crippen MR) is 140 cm³/mol. The molecule has 4 nitrogen and oxygen atoms in total. The standard InChI is InChI=1S/C30H33NO3/c1-20(2)31(21(3)4)19-34-27-13-5-22(6-14-27)17-30-28(23-7-10-25(32)11-8-23)15-9-24-18-26(33)12-16-29(24)30/h5-16,18,20-21,32-33H,17,19H2,1-4H3. The first-order chi connectivity index (χ1) is 16.3. The molecule has 4 heteroatoms. The van der Waals surface area contributed by atoms with Crippen LogP contribution in [0.5, 0.6) is 17.2 Å². The number of hydrogen-bond acceptors (Lipinski definition) is 4. The molecule has 0 fully saturated rings. The summed E-state index contributed by atoms with van der Waals surface area (Å²) >= 11 is 0. The molecule has 0 aliphatic carbocycles. The highest BCUT2D eigenvalue weighted by Crippen LogP contribution is 2.34. The van der Waals surface area contributed by atoms with Crippen LogP contribution in [0.2, 0.25) is 0 Å². The number of rotatable bonds is 8. The predicted octanol–water partition coefficient (Wildman–Crippen LogP) is 6.96. The lowest BCUT2D eigenvalue weighted by Crippen LogP contribution is -2.39. The Hall–Kier alpha value is -3.50. The second-order valence-corrected chi connectivity index (χ2v) is 9.34. The molecule has 0 atom stereocenters. The van der Waals surface area contributed by atoms with Gasteiger partial charge in [-0.3, -0.25) is 4.90 Å². The number of phenols is 2. The Morgan fingerprint density at radius 1 is 0.735 bits per heavy atom. The van der Waals surface area contributed by atoms with Gasteiger partial charge in [0.2, 0.25) is 0 Å². The SMILES string of the molecule is CC(C)N(COc1ccc(Cc2c(-c3ccc(O)cc3)ccc3cc(O)ccc23)cc1)C(C)C. The van der Waals surface area contributed by atoms with Gasteiger partial charge in [-0.05, 0) is 104 Å². The van der Waals surface area contributed by atoms with Crippen LogP contribution in [0.15, 0.2) is 78.9 Å². The van der Waals surface area contributed by atoms with Crippen molar-refractivity contribution in [2.75, 3.05) is 6.73 Å². The minimum Gasteiger partial charge on any atom is -0.508 e. The molecular formula is C30H33NO3. The van der Waals surface area contributed by atoms with Crippen LogP contribution < -0.4 is 4.74 Å². The minimum atomic E-state index is 0.250. The van der Waals surface area contributed by atoms with Gasteiger partial charge in [0.1, 0.15) is 24.0 Å². The number of nitrogens with zero attached hydrogens (tertiary/aromatic N) is 1. The maximum absolute atomic E-state index is 9.97. The average molecular weight is 456 g/mol. The molecular weight excluding hydrogens is 422 g/mol. The Balaban J connectivity index is 1.63. The Bertz CT molecular complexity index is 1240. The van der Waals surface area contributed by atoms with Crippen molar-refractivity contribution < 1.29 is 14.9 Å². The van der Waals surface area contributed by atoms with E-state index < -0.39 is 0 Å². The molecule has 4 aromatic carbocycles. The van der Waals surface area contributed by atoms with Crippen LogP contribution in [0.1, 0.15) is 38.8 Å². The van der Waals surface area contributed by atoms with E-state index in [9.17, 15) is 10.2 Å². The highest BCUT2D eigenvalue weighted by molar-refractivity contribution is 5.93. The summed E-state index contributed by atoms with van der Waals surface area (Å²) in [5.41, 5.74) is 4.52. The van der Waals surface area contributed by atoms with Crippen molar-refractivity contribution in [3.05, 3.63) is 90.0 Å². The van der Waals surface area contributed by atoms with Crippen molar-refractivity contribution in [3.63, 3.8) is 0 Å². The molecule has 0 unspecified atom stereocenters. The molecule has 0 bridgehead atoms. The van der Waals surface area contributed by atoms with Crippen LogP contribution in [0, 0.1) is 0 Å². The lowest BCUT2D eigenvalue weighted by atomic mass is 9.90. The molecule has 0 saturated heterocycles. The van der Waals surface area contributed by atoms with Crippen LogP contribution in [0.4, 0.5) is 0 Å². The summed E-state index contributed by atoms with van der Waals surface area (Å²) in [4.78, 5) is 2.31. The molecule has 0 aliphatic rings. The quantitative estimate of drug-likeness (QED) is 0.282. The molecule has 0 spiro atoms. The first kappa shape index (κ1) is 23.7. The van der Waals surface area contributed by atoms with Crippen molar-refractivity contribution in [2.24, 2.45) is 0 Å². The zero-order chi connectivity index (χ0) is 24.2. The third kappa shape index (κ3) is 5.35. The third-order valence-electron chi connectivity index (χ3n) is 6.30. The Kier molecular flexibility index (Phi) is 7.09. The van der Waals surface area contributed by atoms with Crippen molar-refractivity contribution in [1.29, 1.82) is 0 Å². The molecule has 4 rings (SSSR count). The van der Waals surface area contributed by atoms with Crippen LogP contribution in [-0.4, -0.2) is 33.9 Å². The molecule has 176 valence electrons. The molecule has 0 radical (unpaired) electrons. The van der Waals surface area contributed by atoms with E-state index in [1.165, 1.54) is 11.1 Å². The fourth-order valence-electron chi connectivity index (χ4n) is 4.43. The summed E-state index contributed by atoms with van der Waals surface area (Å²) in [6, 6.07) is 26.1. The van der Waals surface area contributed by atoms with Crippen LogP contribution in [0.25, 0.3) is 21.9 Å². The lowest BCUT2D eigenvalue weighted by molar-refractivity contribution is 0.0690. The molecule has 34 heavy (non-hydrogen) atoms. The van der Waals surface area contributed by atoms with Gasteiger partial charge in [-0.15, -0.1) is 0 Å². The summed E-state index contributed by atoms with van der Waals surface area (Å²) < 4.78 is 6.06. The van der Waals surface area contributed by atoms with E-state index in [-0.39, 0.29) is 11.5 Å². The first-order valence-electron chi connectivity index (χ1n) is 11.8. The number of fused-ring (bicyclic) bond motifs is 1. The van der Waals surface area contributed by atoms with Crippen molar-refractivity contribution in [2.45, 2.75) is 46.2 Å². The highest BCUT2D eigenvalue weighted by atomic mass is 16.5. The number of ether oxygens (including phenoxy) is 1. The maximum Gasteiger partial charge on any atom is 0.142 e. The lowest BCUT2D eigenvalue weighted by Gasteiger charge is -2.30. The zero-order valence-corrected chi connectivity index (χ0v) is 20.3. The van der Waals surface area contributed by atoms with Gasteiger partial charge in [-0.1, -0.05) is 42.5 Å². The monoisotopic (exact) mass is 455 g/mol. The Labute approximate surface area is 202 Å². The number of hydrogen-bond donors (Lipinski definition) is 2. The number of aromatic hydroxyl groups is 2. The Morgan fingerprint density at radius 3 is 2.03 bits per heavy atom. The third-order valence-corrected chi connectivity index (χ3v) is 6.30. The minimum absolute atomic E-state index is 0.250. The highest BCUT2D eigenvalue weighted by Gasteiger charge is 2.14. The smallest absolute Gasteiger partial charge is 0.142 e. The molecule has 0 aromatic heterocycles. The fraction of sp³-hybridized carbons (Fsp3) is 0.267. The van der Waals surface area contributed by atoms with Gasteiger partial charge < -0.3 is 14.9 Å². The van der Waals surface area contributed by atoms with Crippen LogP contribution >= 0.6 is 0 Å². The number of benzene rings is 4.